The van der Waals surface area contributed by atoms with Crippen LogP contribution < -0.4 is 5.32 Å². The van der Waals surface area contributed by atoms with Gasteiger partial charge in [-0.25, -0.2) is 19.2 Å². The lowest BCUT2D eigenvalue weighted by molar-refractivity contribution is 0.0446. The van der Waals surface area contributed by atoms with E-state index < -0.39 is 10.1 Å². The molecule has 17 rings (SSSR count). The molecule has 8 aromatic carbocycles. The molecule has 34 heteroatoms. The van der Waals surface area contributed by atoms with Gasteiger partial charge in [-0.15, -0.1) is 0 Å². The minimum absolute atomic E-state index is 0. The number of rotatable bonds is 26. The number of benzene rings is 8. The summed E-state index contributed by atoms with van der Waals surface area (Å²) in [5.74, 6) is -0.0538. The lowest BCUT2D eigenvalue weighted by Crippen LogP contribution is -2.47. The van der Waals surface area contributed by atoms with Crippen LogP contribution in [0.2, 0.25) is 0 Å². The van der Waals surface area contributed by atoms with Crippen LogP contribution in [0.1, 0.15) is 141 Å². The third kappa shape index (κ3) is 31.2. The Kier molecular flexibility index (Phi) is 44.6. The zero-order valence-electron chi connectivity index (χ0n) is 87.7. The summed E-state index contributed by atoms with van der Waals surface area (Å²) in [5.41, 5.74) is 16.4. The number of aliphatic hydroxyl groups excluding tert-OH is 1. The van der Waals surface area contributed by atoms with Crippen LogP contribution in [0.5, 0.6) is 0 Å². The van der Waals surface area contributed by atoms with Crippen molar-refractivity contribution in [2.24, 2.45) is 0 Å². The first-order valence-corrected chi connectivity index (χ1v) is 52.8. The molecule has 0 aromatic heterocycles. The monoisotopic (exact) mass is 2100 g/mol. The average Bonchev–Trinajstić information content (AvgIpc) is 1.56. The first-order valence-electron chi connectivity index (χ1n) is 51.0. The van der Waals surface area contributed by atoms with Crippen LogP contribution in [0.3, 0.4) is 0 Å². The summed E-state index contributed by atoms with van der Waals surface area (Å²) in [7, 11) is 11.4. The molecule has 29 nitrogen and oxygen atoms in total. The normalized spacial score (nSPS) is 20.3. The van der Waals surface area contributed by atoms with Crippen molar-refractivity contribution in [1.29, 1.82) is 0 Å². The van der Waals surface area contributed by atoms with Gasteiger partial charge in [0.2, 0.25) is 0 Å². The Morgan fingerprint density at radius 3 is 0.788 bits per heavy atom. The highest BCUT2D eigenvalue weighted by Crippen LogP contribution is 2.33. The van der Waals surface area contributed by atoms with Crippen molar-refractivity contribution >= 4 is 112 Å². The van der Waals surface area contributed by atoms with Crippen LogP contribution in [0.25, 0.3) is 44.5 Å². The van der Waals surface area contributed by atoms with E-state index in [9.17, 15) is 46.8 Å². The van der Waals surface area contributed by atoms with Crippen molar-refractivity contribution in [3.8, 4) is 44.5 Å². The number of nitrogens with zero attached hydrogens (tertiary/aromatic N) is 15. The van der Waals surface area contributed by atoms with Gasteiger partial charge in [-0.2, -0.15) is 62.4 Å². The van der Waals surface area contributed by atoms with E-state index in [1.807, 2.05) is 193 Å². The van der Waals surface area contributed by atoms with E-state index >= 15 is 0 Å². The molecule has 9 fully saturated rings. The fourth-order valence-electron chi connectivity index (χ4n) is 21.0. The third-order valence-corrected chi connectivity index (χ3v) is 31.2. The van der Waals surface area contributed by atoms with E-state index in [-0.39, 0.29) is 163 Å². The Hall–Kier alpha value is -10.2. The zero-order chi connectivity index (χ0) is 101. The molecule has 8 aliphatic heterocycles. The molecule has 8 atom stereocenters. The fraction of sp³-hybridized carbons (Fsp3) is 0.500. The summed E-state index contributed by atoms with van der Waals surface area (Å²) < 4.78 is 33.2. The van der Waals surface area contributed by atoms with Crippen molar-refractivity contribution in [2.75, 3.05) is 207 Å². The van der Waals surface area contributed by atoms with Crippen molar-refractivity contribution in [2.45, 2.75) is 159 Å². The molecular formula is C112H158N16O13S5. The first kappa shape index (κ1) is 118. The molecule has 8 unspecified atom stereocenters. The van der Waals surface area contributed by atoms with Crippen molar-refractivity contribution in [3.63, 3.8) is 0 Å². The number of hydrogen-bond donors (Lipinski definition) is 2. The molecule has 1 aliphatic carbocycles. The Morgan fingerprint density at radius 1 is 0.308 bits per heavy atom. The number of likely N-dealkylation sites (tertiary alicyclic amines) is 7. The number of urea groups is 4. The van der Waals surface area contributed by atoms with E-state index in [4.69, 9.17) is 14.0 Å². The Balaban J connectivity index is 0.000000198. The lowest BCUT2D eigenvalue weighted by Gasteiger charge is -2.30. The molecule has 8 heterocycles. The predicted octanol–water partition coefficient (Wildman–Crippen LogP) is 14.4. The van der Waals surface area contributed by atoms with Crippen LogP contribution in [0.4, 0.5) is 19.2 Å². The highest BCUT2D eigenvalue weighted by Gasteiger charge is 2.42. The van der Waals surface area contributed by atoms with Crippen molar-refractivity contribution in [1.82, 2.24) is 78.8 Å². The number of β-amino-alcohol motifs (C(OH)–C–C–N with tert-alkyl or cyclic N) is 1. The molecule has 0 radical (unpaired) electrons. The van der Waals surface area contributed by atoms with Crippen LogP contribution in [0, 0.1) is 27.7 Å². The van der Waals surface area contributed by atoms with Crippen LogP contribution in [0.15, 0.2) is 194 Å². The summed E-state index contributed by atoms with van der Waals surface area (Å²) in [6.07, 6.45) is 13.4. The molecule has 9 aliphatic rings. The average molecular weight is 2100 g/mol. The molecule has 0 bridgehead atoms. The Morgan fingerprint density at radius 2 is 0.541 bits per heavy atom. The highest BCUT2D eigenvalue weighted by molar-refractivity contribution is 7.86. The van der Waals surface area contributed by atoms with Gasteiger partial charge in [-0.1, -0.05) is 181 Å². The number of ether oxygens (including phenoxy) is 1. The van der Waals surface area contributed by atoms with E-state index in [2.05, 4.69) is 145 Å². The largest absolute Gasteiger partial charge is 0.395 e. The van der Waals surface area contributed by atoms with Crippen LogP contribution >= 0.6 is 54.0 Å². The lowest BCUT2D eigenvalue weighted by atomic mass is 10.0. The number of hydrogen-bond acceptors (Lipinski definition) is 17. The van der Waals surface area contributed by atoms with Crippen molar-refractivity contribution < 1.29 is 60.8 Å². The minimum atomic E-state index is -3.45. The molecule has 0 spiro atoms. The molecule has 12 amide bonds. The number of carbonyl (C=O) groups excluding carboxylic acids is 8. The molecule has 8 aromatic rings. The maximum absolute atomic E-state index is 13.3. The second-order valence-electron chi connectivity index (χ2n) is 40.5. The van der Waals surface area contributed by atoms with Crippen LogP contribution in [-0.2, 0) is 19.0 Å². The zero-order valence-corrected chi connectivity index (χ0v) is 92.5. The van der Waals surface area contributed by atoms with Gasteiger partial charge in [0.25, 0.3) is 33.7 Å². The molecule has 2 N–H and O–H groups in total. The maximum atomic E-state index is 13.3. The van der Waals surface area contributed by atoms with E-state index in [0.717, 1.165) is 161 Å². The first-order chi connectivity index (χ1) is 68.2. The van der Waals surface area contributed by atoms with Gasteiger partial charge in [-0.05, 0) is 191 Å². The van der Waals surface area contributed by atoms with Gasteiger partial charge < -0.3 is 74.0 Å². The van der Waals surface area contributed by atoms with Gasteiger partial charge in [0.15, 0.2) is 0 Å². The second-order valence-corrected chi connectivity index (χ2v) is 42.1. The topological polar surface area (TPSA) is 270 Å². The molecule has 8 saturated heterocycles. The Bertz CT molecular complexity index is 5660. The molecular weight excluding hydrogens is 1940 g/mol. The van der Waals surface area contributed by atoms with Gasteiger partial charge in [0, 0.05) is 221 Å². The minimum Gasteiger partial charge on any atom is -0.395 e. The quantitative estimate of drug-likeness (QED) is 0.0477. The van der Waals surface area contributed by atoms with E-state index in [1.165, 1.54) is 47.9 Å². The van der Waals surface area contributed by atoms with Gasteiger partial charge in [0.1, 0.15) is 0 Å². The number of aryl methyl sites for hydroxylation is 4. The fourth-order valence-corrected chi connectivity index (χ4v) is 21.3. The summed E-state index contributed by atoms with van der Waals surface area (Å²) in [5, 5.41) is 12.5. The third-order valence-electron chi connectivity index (χ3n) is 30.6. The number of carbonyl (C=O) groups is 8. The Labute approximate surface area is 894 Å². The summed E-state index contributed by atoms with van der Waals surface area (Å²) in [6, 6.07) is 65.5. The van der Waals surface area contributed by atoms with Gasteiger partial charge in [-0.3, -0.25) is 38.1 Å². The van der Waals surface area contributed by atoms with Crippen molar-refractivity contribution in [3.05, 3.63) is 239 Å². The number of aliphatic hydroxyl groups is 1. The van der Waals surface area contributed by atoms with Gasteiger partial charge in [0.05, 0.1) is 56.3 Å². The van der Waals surface area contributed by atoms with Crippen LogP contribution in [-0.4, -0.2) is 396 Å². The summed E-state index contributed by atoms with van der Waals surface area (Å²) in [6.45, 7) is 23.2. The smallest absolute Gasteiger partial charge is 0.320 e. The predicted molar refractivity (Wildman–Crippen MR) is 601 cm³/mol. The van der Waals surface area contributed by atoms with E-state index in [0.29, 0.717) is 100 Å². The highest BCUT2D eigenvalue weighted by atomic mass is 32.2. The molecule has 794 valence electrons. The standard InChI is InChI=1S/C32H44N4O3.C28H38N4O5S.C27H36N4O3.C25H32N4O2.4H2S/c1-24-8-10-25(11-9-24)26-12-14-27(15-13-26)31(37)33(2)29-17-19-36(23-29)32(38)34(3)28-16-18-35(22-28)20-21-39-30-6-4-5-7-30;1-21-5-7-22(8-6-21)23-9-11-24(12-10-23)27(33)29(2)26-14-16-32(20-26)28(34)30(3)25-13-15-31(19-25)17-18-37-38(4,35)36;1-20-4-6-21(7-5-20)22-8-10-23(11-9-22)26(33)28(2)25-13-15-31(19-25)27(34)29(3)24-12-14-30(18-24)16-17-32;1-18-4-6-19(7-5-18)20-8-10-21(11-9-20)24(30)27(2)23-13-15-29(17-23)25(31)28(3)22-12-14-26-16-22;;;;/h8-15,28-30H,4-7,16-23H2,1-3H3;5-12,25-26H,13-20H2,1-4H3;4-11,24-25,32H,12-19H2,1-3H3;4-11,22-23,26H,12-17H2,1-3H3;4*1H2. The van der Waals surface area contributed by atoms with E-state index in [1.54, 1.807) is 19.6 Å². The summed E-state index contributed by atoms with van der Waals surface area (Å²) in [4.78, 5) is 134. The summed E-state index contributed by atoms with van der Waals surface area (Å²) >= 11 is 0. The molecule has 1 saturated carbocycles. The van der Waals surface area contributed by atoms with Gasteiger partial charge >= 0.3 is 24.1 Å². The number of nitrogens with one attached hydrogen (secondary N) is 1. The number of amides is 12. The molecule has 146 heavy (non-hydrogen) atoms. The SMILES string of the molecule is Cc1ccc(-c2ccc(C(=O)N(C)C3CCN(C(=O)N(C)C4CCN(CCO)C4)C3)cc2)cc1.Cc1ccc(-c2ccc(C(=O)N(C)C3CCN(C(=O)N(C)C4CCN(CCOC5CCCC5)C4)C3)cc2)cc1.Cc1ccc(-c2ccc(C(=O)N(C)C3CCN(C(=O)N(C)C4CCN(CCOS(C)(=O)=O)C4)C3)cc2)cc1.Cc1ccc(-c2ccc(C(=O)N(C)C3CCN(C(=O)N(C)C4CCNC4)C3)cc2)cc1.S.S.S.S. The number of likely N-dealkylation sites (N-methyl/N-ethyl adjacent to an activating group) is 8. The second kappa shape index (κ2) is 55.3. The maximum Gasteiger partial charge on any atom is 0.320 e.